The largest absolute Gasteiger partial charge is 0.295 e. The van der Waals surface area contributed by atoms with Crippen LogP contribution in [0.15, 0.2) is 30.3 Å². The van der Waals surface area contributed by atoms with Gasteiger partial charge in [-0.3, -0.25) is 19.8 Å². The molecule has 0 spiro atoms. The van der Waals surface area contributed by atoms with E-state index < -0.39 is 0 Å². The molecule has 94 valence electrons. The average molecular weight is 244 g/mol. The van der Waals surface area contributed by atoms with Crippen LogP contribution in [0.4, 0.5) is 0 Å². The molecule has 0 aliphatic carbocycles. The molecule has 2 amide bonds. The van der Waals surface area contributed by atoms with Crippen LogP contribution in [0, 0.1) is 5.92 Å². The minimum absolute atomic E-state index is 0.0947. The second-order valence-electron chi connectivity index (χ2n) is 5.00. The van der Waals surface area contributed by atoms with Gasteiger partial charge in [-0.15, -0.1) is 0 Å². The Morgan fingerprint density at radius 1 is 1.17 bits per heavy atom. The van der Waals surface area contributed by atoms with Crippen molar-refractivity contribution in [3.8, 4) is 0 Å². The zero-order valence-corrected chi connectivity index (χ0v) is 10.1. The number of fused-ring (bicyclic) bond motifs is 1. The highest BCUT2D eigenvalue weighted by Gasteiger charge is 2.46. The lowest BCUT2D eigenvalue weighted by molar-refractivity contribution is -0.126. The van der Waals surface area contributed by atoms with Crippen LogP contribution in [0.5, 0.6) is 0 Å². The summed E-state index contributed by atoms with van der Waals surface area (Å²) in [5.74, 6) is -0.363. The number of imide groups is 1. The number of piperidine rings is 1. The van der Waals surface area contributed by atoms with E-state index in [4.69, 9.17) is 0 Å². The monoisotopic (exact) mass is 244 g/mol. The van der Waals surface area contributed by atoms with Crippen LogP contribution in [-0.2, 0) is 16.1 Å². The third kappa shape index (κ3) is 1.93. The fourth-order valence-electron chi connectivity index (χ4n) is 2.97. The first kappa shape index (κ1) is 11.4. The average Bonchev–Trinajstić information content (AvgIpc) is 2.67. The molecular weight excluding hydrogens is 228 g/mol. The van der Waals surface area contributed by atoms with Crippen molar-refractivity contribution in [3.63, 3.8) is 0 Å². The normalized spacial score (nSPS) is 28.0. The molecular formula is C14H16N2O2. The summed E-state index contributed by atoms with van der Waals surface area (Å²) in [4.78, 5) is 25.6. The van der Waals surface area contributed by atoms with E-state index in [1.807, 2.05) is 18.2 Å². The second-order valence-corrected chi connectivity index (χ2v) is 5.00. The topological polar surface area (TPSA) is 49.4 Å². The van der Waals surface area contributed by atoms with Crippen LogP contribution in [0.1, 0.15) is 18.4 Å². The number of likely N-dealkylation sites (tertiary alicyclic amines) is 1. The van der Waals surface area contributed by atoms with E-state index in [2.05, 4.69) is 22.3 Å². The lowest BCUT2D eigenvalue weighted by Crippen LogP contribution is -2.47. The molecule has 0 aromatic heterocycles. The fourth-order valence-corrected chi connectivity index (χ4v) is 2.97. The van der Waals surface area contributed by atoms with Gasteiger partial charge in [-0.2, -0.15) is 0 Å². The molecule has 3 rings (SSSR count). The van der Waals surface area contributed by atoms with Gasteiger partial charge in [0.15, 0.2) is 0 Å². The summed E-state index contributed by atoms with van der Waals surface area (Å²) in [5.41, 5.74) is 1.19. The van der Waals surface area contributed by atoms with Gasteiger partial charge in [0, 0.05) is 6.54 Å². The molecule has 4 nitrogen and oxygen atoms in total. The van der Waals surface area contributed by atoms with Gasteiger partial charge >= 0.3 is 0 Å². The summed E-state index contributed by atoms with van der Waals surface area (Å²) in [6.45, 7) is 1.62. The van der Waals surface area contributed by atoms with Gasteiger partial charge < -0.3 is 0 Å². The summed E-state index contributed by atoms with van der Waals surface area (Å²) in [6.07, 6.45) is 1.81. The number of carbonyl (C=O) groups is 2. The molecule has 2 heterocycles. The Bertz CT molecular complexity index is 472. The van der Waals surface area contributed by atoms with Gasteiger partial charge in [-0.25, -0.2) is 0 Å². The zero-order valence-electron chi connectivity index (χ0n) is 10.1. The first-order chi connectivity index (χ1) is 8.75. The van der Waals surface area contributed by atoms with Gasteiger partial charge in [0.2, 0.25) is 11.8 Å². The van der Waals surface area contributed by atoms with E-state index in [0.29, 0.717) is 0 Å². The van der Waals surface area contributed by atoms with Gasteiger partial charge in [-0.1, -0.05) is 30.3 Å². The fraction of sp³-hybridized carbons (Fsp3) is 0.429. The molecule has 2 atom stereocenters. The van der Waals surface area contributed by atoms with Crippen molar-refractivity contribution in [1.82, 2.24) is 10.2 Å². The SMILES string of the molecule is O=C1NC(=O)C2C1CCCN2Cc1ccccc1. The van der Waals surface area contributed by atoms with Crippen molar-refractivity contribution < 1.29 is 9.59 Å². The maximum absolute atomic E-state index is 11.8. The van der Waals surface area contributed by atoms with Crippen molar-refractivity contribution in [3.05, 3.63) is 35.9 Å². The van der Waals surface area contributed by atoms with Gasteiger partial charge in [0.05, 0.1) is 5.92 Å². The van der Waals surface area contributed by atoms with E-state index in [0.717, 1.165) is 25.9 Å². The third-order valence-electron chi connectivity index (χ3n) is 3.82. The third-order valence-corrected chi connectivity index (χ3v) is 3.82. The Morgan fingerprint density at radius 2 is 1.94 bits per heavy atom. The van der Waals surface area contributed by atoms with Gasteiger partial charge in [0.25, 0.3) is 0 Å². The van der Waals surface area contributed by atoms with Crippen molar-refractivity contribution in [2.45, 2.75) is 25.4 Å². The maximum Gasteiger partial charge on any atom is 0.244 e. The van der Waals surface area contributed by atoms with Gasteiger partial charge in [-0.05, 0) is 24.9 Å². The molecule has 18 heavy (non-hydrogen) atoms. The van der Waals surface area contributed by atoms with E-state index in [9.17, 15) is 9.59 Å². The Balaban J connectivity index is 1.80. The smallest absolute Gasteiger partial charge is 0.244 e. The molecule has 2 saturated heterocycles. The first-order valence-electron chi connectivity index (χ1n) is 6.38. The van der Waals surface area contributed by atoms with E-state index in [1.54, 1.807) is 0 Å². The van der Waals surface area contributed by atoms with Crippen LogP contribution in [-0.4, -0.2) is 29.3 Å². The summed E-state index contributed by atoms with van der Waals surface area (Å²) in [5, 5.41) is 2.46. The van der Waals surface area contributed by atoms with Crippen molar-refractivity contribution in [1.29, 1.82) is 0 Å². The van der Waals surface area contributed by atoms with Crippen molar-refractivity contribution in [2.24, 2.45) is 5.92 Å². The van der Waals surface area contributed by atoms with Crippen LogP contribution < -0.4 is 5.32 Å². The number of hydrogen-bond acceptors (Lipinski definition) is 3. The molecule has 0 radical (unpaired) electrons. The molecule has 2 fully saturated rings. The van der Waals surface area contributed by atoms with E-state index in [-0.39, 0.29) is 23.8 Å². The number of benzene rings is 1. The van der Waals surface area contributed by atoms with E-state index >= 15 is 0 Å². The molecule has 0 saturated carbocycles. The second kappa shape index (κ2) is 4.53. The van der Waals surface area contributed by atoms with Crippen LogP contribution >= 0.6 is 0 Å². The summed E-state index contributed by atoms with van der Waals surface area (Å²) in [6, 6.07) is 9.82. The highest BCUT2D eigenvalue weighted by atomic mass is 16.2. The lowest BCUT2D eigenvalue weighted by Gasteiger charge is -2.34. The molecule has 2 unspecified atom stereocenters. The van der Waals surface area contributed by atoms with Crippen LogP contribution in [0.3, 0.4) is 0 Å². The summed E-state index contributed by atoms with van der Waals surface area (Å²) in [7, 11) is 0. The van der Waals surface area contributed by atoms with Crippen LogP contribution in [0.25, 0.3) is 0 Å². The summed E-state index contributed by atoms with van der Waals surface area (Å²) < 4.78 is 0. The standard InChI is InChI=1S/C14H16N2O2/c17-13-11-7-4-8-16(12(11)14(18)15-13)9-10-5-2-1-3-6-10/h1-3,5-6,11-12H,4,7-9H2,(H,15,17,18). The number of amides is 2. The predicted octanol–water partition coefficient (Wildman–Crippen LogP) is 0.924. The Labute approximate surface area is 106 Å². The molecule has 0 bridgehead atoms. The van der Waals surface area contributed by atoms with Crippen molar-refractivity contribution >= 4 is 11.8 Å². The Morgan fingerprint density at radius 3 is 2.72 bits per heavy atom. The molecule has 1 aromatic carbocycles. The minimum atomic E-state index is -0.258. The molecule has 2 aliphatic rings. The predicted molar refractivity (Wildman–Crippen MR) is 66.5 cm³/mol. The zero-order chi connectivity index (χ0) is 12.5. The van der Waals surface area contributed by atoms with Crippen molar-refractivity contribution in [2.75, 3.05) is 6.54 Å². The summed E-state index contributed by atoms with van der Waals surface area (Å²) >= 11 is 0. The molecule has 1 N–H and O–H groups in total. The first-order valence-corrected chi connectivity index (χ1v) is 6.38. The number of hydrogen-bond donors (Lipinski definition) is 1. The number of nitrogens with one attached hydrogen (secondary N) is 1. The van der Waals surface area contributed by atoms with Crippen LogP contribution in [0.2, 0.25) is 0 Å². The Kier molecular flexibility index (Phi) is 2.88. The maximum atomic E-state index is 11.8. The number of nitrogens with zero attached hydrogens (tertiary/aromatic N) is 1. The quantitative estimate of drug-likeness (QED) is 0.787. The highest BCUT2D eigenvalue weighted by Crippen LogP contribution is 2.29. The highest BCUT2D eigenvalue weighted by molar-refractivity contribution is 6.07. The Hall–Kier alpha value is -1.68. The van der Waals surface area contributed by atoms with Gasteiger partial charge in [0.1, 0.15) is 6.04 Å². The minimum Gasteiger partial charge on any atom is -0.295 e. The molecule has 2 aliphatic heterocycles. The van der Waals surface area contributed by atoms with E-state index in [1.165, 1.54) is 5.56 Å². The lowest BCUT2D eigenvalue weighted by atomic mass is 9.91. The molecule has 1 aromatic rings. The molecule has 4 heteroatoms. The number of carbonyl (C=O) groups excluding carboxylic acids is 2. The number of rotatable bonds is 2.